The Balaban J connectivity index is 2.27. The minimum absolute atomic E-state index is 0.420. The number of ether oxygens (including phenoxy) is 1. The van der Waals surface area contributed by atoms with Crippen LogP contribution in [0, 0.1) is 5.41 Å². The van der Waals surface area contributed by atoms with Gasteiger partial charge in [-0.3, -0.25) is 5.41 Å². The predicted molar refractivity (Wildman–Crippen MR) is 75.0 cm³/mol. The zero-order chi connectivity index (χ0) is 13.0. The van der Waals surface area contributed by atoms with E-state index in [-0.39, 0.29) is 0 Å². The highest BCUT2D eigenvalue weighted by atomic mass is 35.5. The van der Waals surface area contributed by atoms with Crippen LogP contribution >= 0.6 is 11.6 Å². The zero-order valence-electron chi connectivity index (χ0n) is 10.1. The SMILES string of the molecule is CCOc1ccc(C(=N)c2ccccc2Cl)cc1. The summed E-state index contributed by atoms with van der Waals surface area (Å²) in [4.78, 5) is 0. The fraction of sp³-hybridized carbons (Fsp3) is 0.133. The van der Waals surface area contributed by atoms with E-state index in [1.165, 1.54) is 0 Å². The molecule has 2 aromatic carbocycles. The molecule has 0 heterocycles. The minimum atomic E-state index is 0.420. The van der Waals surface area contributed by atoms with Crippen molar-refractivity contribution in [2.75, 3.05) is 6.61 Å². The van der Waals surface area contributed by atoms with Crippen LogP contribution in [0.25, 0.3) is 0 Å². The third kappa shape index (κ3) is 2.71. The molecule has 0 aromatic heterocycles. The molecule has 0 fully saturated rings. The largest absolute Gasteiger partial charge is 0.494 e. The van der Waals surface area contributed by atoms with Crippen LogP contribution in [0.15, 0.2) is 48.5 Å². The van der Waals surface area contributed by atoms with Crippen LogP contribution in [0.2, 0.25) is 5.02 Å². The van der Waals surface area contributed by atoms with Gasteiger partial charge in [0.05, 0.1) is 12.3 Å². The Bertz CT molecular complexity index is 549. The van der Waals surface area contributed by atoms with E-state index in [0.717, 1.165) is 16.9 Å². The van der Waals surface area contributed by atoms with Gasteiger partial charge in [0.25, 0.3) is 0 Å². The van der Waals surface area contributed by atoms with Gasteiger partial charge in [-0.15, -0.1) is 0 Å². The van der Waals surface area contributed by atoms with Crippen molar-refractivity contribution in [2.45, 2.75) is 6.92 Å². The summed E-state index contributed by atoms with van der Waals surface area (Å²) in [6.45, 7) is 2.58. The van der Waals surface area contributed by atoms with Gasteiger partial charge in [0.15, 0.2) is 0 Å². The van der Waals surface area contributed by atoms with Crippen molar-refractivity contribution >= 4 is 17.3 Å². The average molecular weight is 260 g/mol. The Hall–Kier alpha value is -1.80. The lowest BCUT2D eigenvalue weighted by Gasteiger charge is -2.08. The second-order valence-corrected chi connectivity index (χ2v) is 4.22. The molecule has 0 aliphatic rings. The quantitative estimate of drug-likeness (QED) is 0.822. The van der Waals surface area contributed by atoms with E-state index in [9.17, 15) is 0 Å². The molecule has 18 heavy (non-hydrogen) atoms. The lowest BCUT2D eigenvalue weighted by molar-refractivity contribution is 0.340. The Kier molecular flexibility index (Phi) is 4.00. The molecule has 2 aromatic rings. The molecule has 0 spiro atoms. The molecule has 0 radical (unpaired) electrons. The van der Waals surface area contributed by atoms with E-state index in [4.69, 9.17) is 21.7 Å². The summed E-state index contributed by atoms with van der Waals surface area (Å²) in [6, 6.07) is 14.9. The molecular weight excluding hydrogens is 246 g/mol. The Labute approximate surface area is 112 Å². The van der Waals surface area contributed by atoms with Crippen LogP contribution in [-0.4, -0.2) is 12.3 Å². The fourth-order valence-corrected chi connectivity index (χ4v) is 1.93. The van der Waals surface area contributed by atoms with E-state index in [2.05, 4.69) is 0 Å². The van der Waals surface area contributed by atoms with Crippen LogP contribution in [0.4, 0.5) is 0 Å². The van der Waals surface area contributed by atoms with Gasteiger partial charge in [-0.25, -0.2) is 0 Å². The Morgan fingerprint density at radius 2 is 1.78 bits per heavy atom. The summed E-state index contributed by atoms with van der Waals surface area (Å²) in [5.41, 5.74) is 1.98. The summed E-state index contributed by atoms with van der Waals surface area (Å²) < 4.78 is 5.37. The van der Waals surface area contributed by atoms with Crippen LogP contribution < -0.4 is 4.74 Å². The van der Waals surface area contributed by atoms with Gasteiger partial charge in [-0.2, -0.15) is 0 Å². The van der Waals surface area contributed by atoms with E-state index in [1.54, 1.807) is 6.07 Å². The molecule has 0 saturated carbocycles. The topological polar surface area (TPSA) is 33.1 Å². The van der Waals surface area contributed by atoms with Gasteiger partial charge >= 0.3 is 0 Å². The van der Waals surface area contributed by atoms with Crippen molar-refractivity contribution in [3.8, 4) is 5.75 Å². The summed E-state index contributed by atoms with van der Waals surface area (Å²) in [6.07, 6.45) is 0. The zero-order valence-corrected chi connectivity index (χ0v) is 10.9. The van der Waals surface area contributed by atoms with Crippen LogP contribution in [-0.2, 0) is 0 Å². The summed E-state index contributed by atoms with van der Waals surface area (Å²) in [5.74, 6) is 0.813. The van der Waals surface area contributed by atoms with Gasteiger partial charge in [-0.1, -0.05) is 29.8 Å². The molecule has 1 N–H and O–H groups in total. The molecule has 0 aliphatic carbocycles. The molecule has 0 unspecified atom stereocenters. The van der Waals surface area contributed by atoms with Crippen molar-refractivity contribution in [3.63, 3.8) is 0 Å². The van der Waals surface area contributed by atoms with E-state index in [0.29, 0.717) is 17.3 Å². The molecular formula is C15H14ClNO. The first kappa shape index (κ1) is 12.7. The highest BCUT2D eigenvalue weighted by Gasteiger charge is 2.08. The van der Waals surface area contributed by atoms with Crippen molar-refractivity contribution in [1.29, 1.82) is 5.41 Å². The first-order chi connectivity index (χ1) is 8.72. The van der Waals surface area contributed by atoms with Crippen molar-refractivity contribution in [2.24, 2.45) is 0 Å². The number of hydrogen-bond acceptors (Lipinski definition) is 2. The van der Waals surface area contributed by atoms with Crippen molar-refractivity contribution in [3.05, 3.63) is 64.7 Å². The summed E-state index contributed by atoms with van der Waals surface area (Å²) in [5, 5.41) is 8.75. The molecule has 92 valence electrons. The van der Waals surface area contributed by atoms with E-state index < -0.39 is 0 Å². The first-order valence-electron chi connectivity index (χ1n) is 5.79. The highest BCUT2D eigenvalue weighted by Crippen LogP contribution is 2.20. The highest BCUT2D eigenvalue weighted by molar-refractivity contribution is 6.35. The molecule has 0 aliphatic heterocycles. The number of rotatable bonds is 4. The lowest BCUT2D eigenvalue weighted by Crippen LogP contribution is -2.02. The van der Waals surface area contributed by atoms with Crippen LogP contribution in [0.5, 0.6) is 5.75 Å². The van der Waals surface area contributed by atoms with E-state index >= 15 is 0 Å². The Morgan fingerprint density at radius 3 is 2.39 bits per heavy atom. The standard InChI is InChI=1S/C15H14ClNO/c1-2-18-12-9-7-11(8-10-12)15(17)13-5-3-4-6-14(13)16/h3-10,17H,2H2,1H3. The second kappa shape index (κ2) is 5.69. The van der Waals surface area contributed by atoms with E-state index in [1.807, 2.05) is 49.4 Å². The number of hydrogen-bond donors (Lipinski definition) is 1. The van der Waals surface area contributed by atoms with Gasteiger partial charge in [-0.05, 0) is 37.3 Å². The normalized spacial score (nSPS) is 10.1. The van der Waals surface area contributed by atoms with Gasteiger partial charge < -0.3 is 4.74 Å². The molecule has 2 nitrogen and oxygen atoms in total. The lowest BCUT2D eigenvalue weighted by atomic mass is 10.0. The van der Waals surface area contributed by atoms with Gasteiger partial charge in [0, 0.05) is 16.1 Å². The second-order valence-electron chi connectivity index (χ2n) is 3.81. The maximum absolute atomic E-state index is 8.16. The monoisotopic (exact) mass is 259 g/mol. The molecule has 0 bridgehead atoms. The number of benzene rings is 2. The first-order valence-corrected chi connectivity index (χ1v) is 6.17. The maximum Gasteiger partial charge on any atom is 0.119 e. The fourth-order valence-electron chi connectivity index (χ4n) is 1.70. The minimum Gasteiger partial charge on any atom is -0.494 e. The van der Waals surface area contributed by atoms with Gasteiger partial charge in [0.1, 0.15) is 5.75 Å². The van der Waals surface area contributed by atoms with Gasteiger partial charge in [0.2, 0.25) is 0 Å². The number of nitrogens with one attached hydrogen (secondary N) is 1. The van der Waals surface area contributed by atoms with Crippen LogP contribution in [0.1, 0.15) is 18.1 Å². The third-order valence-electron chi connectivity index (χ3n) is 2.60. The third-order valence-corrected chi connectivity index (χ3v) is 2.93. The molecule has 3 heteroatoms. The molecule has 2 rings (SSSR count). The Morgan fingerprint density at radius 1 is 1.11 bits per heavy atom. The molecule has 0 atom stereocenters. The smallest absolute Gasteiger partial charge is 0.119 e. The average Bonchev–Trinajstić information content (AvgIpc) is 2.40. The van der Waals surface area contributed by atoms with Crippen LogP contribution in [0.3, 0.4) is 0 Å². The van der Waals surface area contributed by atoms with Crippen molar-refractivity contribution in [1.82, 2.24) is 0 Å². The predicted octanol–water partition coefficient (Wildman–Crippen LogP) is 4.15. The summed E-state index contributed by atoms with van der Waals surface area (Å²) in [7, 11) is 0. The molecule has 0 amide bonds. The molecule has 0 saturated heterocycles. The maximum atomic E-state index is 8.16. The van der Waals surface area contributed by atoms with Crippen molar-refractivity contribution < 1.29 is 4.74 Å². The number of halogens is 1. The summed E-state index contributed by atoms with van der Waals surface area (Å²) >= 11 is 6.08.